The number of alkyl carbamates (subject to hydrolysis) is 1. The Bertz CT molecular complexity index is 1080. The minimum absolute atomic E-state index is 0.108. The Labute approximate surface area is 226 Å². The molecule has 38 heavy (non-hydrogen) atoms. The number of rotatable bonds is 11. The maximum atomic E-state index is 14.2. The number of carbonyl (C=O) groups is 3. The van der Waals surface area contributed by atoms with Gasteiger partial charge in [0, 0.05) is 19.0 Å². The lowest BCUT2D eigenvalue weighted by Gasteiger charge is -2.35. The lowest BCUT2D eigenvalue weighted by atomic mass is 9.98. The van der Waals surface area contributed by atoms with Crippen LogP contribution in [0, 0.1) is 6.92 Å². The molecule has 0 aromatic heterocycles. The van der Waals surface area contributed by atoms with Crippen LogP contribution in [0.25, 0.3) is 0 Å². The van der Waals surface area contributed by atoms with E-state index >= 15 is 0 Å². The predicted octanol–water partition coefficient (Wildman–Crippen LogP) is 5.03. The van der Waals surface area contributed by atoms with Gasteiger partial charge in [0.2, 0.25) is 11.8 Å². The quantitative estimate of drug-likeness (QED) is 0.381. The second-order valence-corrected chi connectivity index (χ2v) is 10.9. The Balaban J connectivity index is 2.56. The van der Waals surface area contributed by atoms with E-state index in [1.54, 1.807) is 39.8 Å². The summed E-state index contributed by atoms with van der Waals surface area (Å²) in [4.78, 5) is 42.1. The highest BCUT2D eigenvalue weighted by Crippen LogP contribution is 2.28. The number of carbonyl (C=O) groups excluding carboxylic acids is 3. The third-order valence-corrected chi connectivity index (χ3v) is 5.83. The highest BCUT2D eigenvalue weighted by atomic mass is 16.6. The summed E-state index contributed by atoms with van der Waals surface area (Å²) >= 11 is 0. The van der Waals surface area contributed by atoms with Crippen molar-refractivity contribution in [2.75, 3.05) is 6.54 Å². The molecule has 2 atom stereocenters. The molecule has 2 unspecified atom stereocenters. The number of hydrogen-bond donors (Lipinski definition) is 3. The van der Waals surface area contributed by atoms with E-state index in [0.29, 0.717) is 24.1 Å². The second-order valence-electron chi connectivity index (χ2n) is 10.9. The highest BCUT2D eigenvalue weighted by molar-refractivity contribution is 5.92. The summed E-state index contributed by atoms with van der Waals surface area (Å²) in [5.41, 5.74) is 1.30. The summed E-state index contributed by atoms with van der Waals surface area (Å²) in [5.74, 6) is -0.607. The molecule has 0 bridgehead atoms. The number of nitrogens with one attached hydrogen (secondary N) is 2. The molecule has 0 fully saturated rings. The van der Waals surface area contributed by atoms with Crippen molar-refractivity contribution >= 4 is 17.9 Å². The zero-order valence-corrected chi connectivity index (χ0v) is 23.7. The Kier molecular flexibility index (Phi) is 11.2. The van der Waals surface area contributed by atoms with E-state index in [1.807, 2.05) is 51.1 Å². The molecule has 0 radical (unpaired) electrons. The summed E-state index contributed by atoms with van der Waals surface area (Å²) < 4.78 is 5.46. The normalized spacial score (nSPS) is 12.9. The third kappa shape index (κ3) is 9.39. The molecule has 2 rings (SSSR count). The van der Waals surface area contributed by atoms with Crippen LogP contribution in [0.3, 0.4) is 0 Å². The van der Waals surface area contributed by atoms with Crippen LogP contribution < -0.4 is 10.6 Å². The molecular weight excluding hydrogens is 482 g/mol. The molecule has 0 aliphatic heterocycles. The molecule has 0 saturated carbocycles. The first-order valence-electron chi connectivity index (χ1n) is 13.3. The van der Waals surface area contributed by atoms with E-state index in [0.717, 1.165) is 12.0 Å². The van der Waals surface area contributed by atoms with E-state index in [2.05, 4.69) is 10.6 Å². The van der Waals surface area contributed by atoms with E-state index in [-0.39, 0.29) is 30.0 Å². The summed E-state index contributed by atoms with van der Waals surface area (Å²) in [6, 6.07) is 12.3. The monoisotopic (exact) mass is 525 g/mol. The van der Waals surface area contributed by atoms with Gasteiger partial charge in [0.1, 0.15) is 23.4 Å². The lowest BCUT2D eigenvalue weighted by Crippen LogP contribution is -2.54. The summed E-state index contributed by atoms with van der Waals surface area (Å²) in [6.07, 6.45) is 0.999. The van der Waals surface area contributed by atoms with Crippen LogP contribution >= 0.6 is 0 Å². The van der Waals surface area contributed by atoms with Gasteiger partial charge in [-0.25, -0.2) is 4.79 Å². The van der Waals surface area contributed by atoms with Crippen molar-refractivity contribution in [3.05, 3.63) is 65.2 Å². The van der Waals surface area contributed by atoms with Gasteiger partial charge in [-0.05, 0) is 76.8 Å². The Hall–Kier alpha value is -3.55. The molecule has 0 aliphatic rings. The minimum atomic E-state index is -0.961. The number of nitrogens with zero attached hydrogens (tertiary/aromatic N) is 1. The number of hydrogen-bond acceptors (Lipinski definition) is 5. The van der Waals surface area contributed by atoms with Crippen LogP contribution in [0.15, 0.2) is 48.5 Å². The summed E-state index contributed by atoms with van der Waals surface area (Å²) in [5, 5.41) is 15.8. The lowest BCUT2D eigenvalue weighted by molar-refractivity contribution is -0.142. The SMILES string of the molecule is CCCCN(C(=O)C(Cc1ccccc1)NC(=O)OC(C)(C)C)C(C(=O)NC(C)C)c1ccc(O)c(C)c1. The average Bonchev–Trinajstić information content (AvgIpc) is 2.81. The fourth-order valence-corrected chi connectivity index (χ4v) is 4.08. The van der Waals surface area contributed by atoms with Crippen molar-refractivity contribution in [1.29, 1.82) is 0 Å². The number of phenolic OH excluding ortho intramolecular Hbond substituents is 1. The van der Waals surface area contributed by atoms with Crippen LogP contribution in [-0.4, -0.2) is 52.1 Å². The number of benzene rings is 2. The van der Waals surface area contributed by atoms with Gasteiger partial charge < -0.3 is 25.4 Å². The van der Waals surface area contributed by atoms with E-state index in [1.165, 1.54) is 11.0 Å². The average molecular weight is 526 g/mol. The fraction of sp³-hybridized carbons (Fsp3) is 0.500. The van der Waals surface area contributed by atoms with Crippen molar-refractivity contribution in [3.8, 4) is 5.75 Å². The van der Waals surface area contributed by atoms with Crippen molar-refractivity contribution in [2.24, 2.45) is 0 Å². The maximum Gasteiger partial charge on any atom is 0.408 e. The topological polar surface area (TPSA) is 108 Å². The minimum Gasteiger partial charge on any atom is -0.508 e. The predicted molar refractivity (Wildman–Crippen MR) is 149 cm³/mol. The fourth-order valence-electron chi connectivity index (χ4n) is 4.08. The van der Waals surface area contributed by atoms with Crippen LogP contribution in [0.5, 0.6) is 5.75 Å². The molecule has 0 heterocycles. The van der Waals surface area contributed by atoms with Gasteiger partial charge in [-0.1, -0.05) is 49.7 Å². The first-order chi connectivity index (χ1) is 17.8. The Morgan fingerprint density at radius 2 is 1.68 bits per heavy atom. The molecule has 3 N–H and O–H groups in total. The van der Waals surface area contributed by atoms with Crippen LogP contribution in [0.2, 0.25) is 0 Å². The van der Waals surface area contributed by atoms with Gasteiger partial charge in [-0.15, -0.1) is 0 Å². The zero-order valence-electron chi connectivity index (χ0n) is 23.7. The van der Waals surface area contributed by atoms with Crippen molar-refractivity contribution < 1.29 is 24.2 Å². The van der Waals surface area contributed by atoms with Crippen LogP contribution in [0.1, 0.15) is 77.1 Å². The molecule has 8 heteroatoms. The van der Waals surface area contributed by atoms with E-state index in [4.69, 9.17) is 4.74 Å². The van der Waals surface area contributed by atoms with Crippen LogP contribution in [-0.2, 0) is 20.7 Å². The van der Waals surface area contributed by atoms with E-state index < -0.39 is 23.8 Å². The zero-order chi connectivity index (χ0) is 28.5. The first-order valence-corrected chi connectivity index (χ1v) is 13.3. The standard InChI is InChI=1S/C30H43N3O5/c1-8-9-17-33(26(27(35)31-20(2)3)23-15-16-25(34)21(4)18-23)28(36)24(19-22-13-11-10-12-14-22)32-29(37)38-30(5,6)7/h10-16,18,20,24,26,34H,8-9,17,19H2,1-7H3,(H,31,35)(H,32,37). The van der Waals surface area contributed by atoms with Gasteiger partial charge in [0.05, 0.1) is 0 Å². The molecular formula is C30H43N3O5. The molecule has 0 aliphatic carbocycles. The molecule has 8 nitrogen and oxygen atoms in total. The van der Waals surface area contributed by atoms with E-state index in [9.17, 15) is 19.5 Å². The number of amides is 3. The maximum absolute atomic E-state index is 14.2. The van der Waals surface area contributed by atoms with Gasteiger partial charge in [-0.2, -0.15) is 0 Å². The molecule has 3 amide bonds. The number of phenols is 1. The summed E-state index contributed by atoms with van der Waals surface area (Å²) in [6.45, 7) is 13.1. The number of aromatic hydroxyl groups is 1. The number of aryl methyl sites for hydroxylation is 1. The Morgan fingerprint density at radius 1 is 1.03 bits per heavy atom. The highest BCUT2D eigenvalue weighted by Gasteiger charge is 2.36. The van der Waals surface area contributed by atoms with Gasteiger partial charge in [0.15, 0.2) is 0 Å². The van der Waals surface area contributed by atoms with Gasteiger partial charge in [-0.3, -0.25) is 9.59 Å². The molecule has 2 aromatic rings. The molecule has 0 saturated heterocycles. The summed E-state index contributed by atoms with van der Waals surface area (Å²) in [7, 11) is 0. The third-order valence-electron chi connectivity index (χ3n) is 5.83. The first kappa shape index (κ1) is 30.7. The van der Waals surface area contributed by atoms with Crippen molar-refractivity contribution in [3.63, 3.8) is 0 Å². The number of ether oxygens (including phenoxy) is 1. The molecule has 0 spiro atoms. The van der Waals surface area contributed by atoms with Crippen molar-refractivity contribution in [1.82, 2.24) is 15.5 Å². The Morgan fingerprint density at radius 3 is 2.24 bits per heavy atom. The van der Waals surface area contributed by atoms with Gasteiger partial charge >= 0.3 is 6.09 Å². The van der Waals surface area contributed by atoms with Crippen molar-refractivity contribution in [2.45, 2.75) is 91.5 Å². The second kappa shape index (κ2) is 13.8. The molecule has 2 aromatic carbocycles. The smallest absolute Gasteiger partial charge is 0.408 e. The van der Waals surface area contributed by atoms with Gasteiger partial charge in [0.25, 0.3) is 0 Å². The number of unbranched alkanes of at least 4 members (excludes halogenated alkanes) is 1. The van der Waals surface area contributed by atoms with Crippen LogP contribution in [0.4, 0.5) is 4.79 Å². The molecule has 208 valence electrons. The largest absolute Gasteiger partial charge is 0.508 e.